The highest BCUT2D eigenvalue weighted by Crippen LogP contribution is 2.38. The first-order valence-corrected chi connectivity index (χ1v) is 14.0. The van der Waals surface area contributed by atoms with E-state index in [2.05, 4.69) is 17.2 Å². The molecule has 2 fully saturated rings. The van der Waals surface area contributed by atoms with E-state index in [4.69, 9.17) is 4.42 Å². The van der Waals surface area contributed by atoms with Gasteiger partial charge in [0.25, 0.3) is 11.8 Å². The number of alkyl halides is 3. The lowest BCUT2D eigenvalue weighted by Crippen LogP contribution is -2.60. The number of hydrogen-bond donors (Lipinski definition) is 2. The van der Waals surface area contributed by atoms with Gasteiger partial charge in [-0.2, -0.15) is 13.2 Å². The lowest BCUT2D eigenvalue weighted by Gasteiger charge is -2.43. The molecule has 5 rings (SSSR count). The van der Waals surface area contributed by atoms with E-state index in [9.17, 15) is 41.5 Å². The van der Waals surface area contributed by atoms with E-state index in [0.29, 0.717) is 29.4 Å². The Balaban J connectivity index is 1.35. The van der Waals surface area contributed by atoms with Crippen LogP contribution in [0.1, 0.15) is 42.6 Å². The quantitative estimate of drug-likeness (QED) is 0.232. The van der Waals surface area contributed by atoms with Crippen molar-refractivity contribution in [2.24, 2.45) is 5.92 Å². The van der Waals surface area contributed by atoms with Crippen molar-refractivity contribution in [2.75, 3.05) is 18.0 Å². The third kappa shape index (κ3) is 5.58. The van der Waals surface area contributed by atoms with E-state index in [1.165, 1.54) is 26.5 Å². The van der Waals surface area contributed by atoms with E-state index in [-0.39, 0.29) is 38.1 Å². The fraction of sp³-hybridized carbons (Fsp3) is 0.367. The van der Waals surface area contributed by atoms with E-state index in [1.54, 1.807) is 26.0 Å². The van der Waals surface area contributed by atoms with E-state index < -0.39 is 70.1 Å². The zero-order valence-electron chi connectivity index (χ0n) is 24.2. The Kier molecular flexibility index (Phi) is 8.06. The summed E-state index contributed by atoms with van der Waals surface area (Å²) in [5.74, 6) is -4.66. The van der Waals surface area contributed by atoms with Gasteiger partial charge in [-0.3, -0.25) is 29.2 Å². The maximum absolute atomic E-state index is 14.4. The first kappa shape index (κ1) is 31.5. The summed E-state index contributed by atoms with van der Waals surface area (Å²) >= 11 is 0. The Bertz CT molecular complexity index is 1770. The molecular formula is C30H29F4N5O6. The molecule has 2 aromatic carbocycles. The Morgan fingerprint density at radius 2 is 1.80 bits per heavy atom. The molecule has 0 aliphatic carbocycles. The number of piperidine rings is 1. The van der Waals surface area contributed by atoms with Crippen LogP contribution in [0.3, 0.4) is 0 Å². The molecule has 5 amide bonds. The number of fused-ring (bicyclic) bond motifs is 1. The zero-order chi connectivity index (χ0) is 32.8. The Hall–Kier alpha value is -4.95. The van der Waals surface area contributed by atoms with Crippen LogP contribution >= 0.6 is 0 Å². The topological polar surface area (TPSA) is 134 Å². The Labute approximate surface area is 253 Å². The minimum absolute atomic E-state index is 0.0107. The number of oxazole rings is 1. The van der Waals surface area contributed by atoms with Gasteiger partial charge < -0.3 is 14.6 Å². The molecule has 3 aromatic rings. The van der Waals surface area contributed by atoms with Crippen LogP contribution in [0.15, 0.2) is 58.3 Å². The second-order valence-corrected chi connectivity index (χ2v) is 11.3. The van der Waals surface area contributed by atoms with Crippen molar-refractivity contribution in [3.8, 4) is 0 Å². The standard InChI is InChI=1S/C30H29F4N5O6/c1-4-11-38-21-8-6-18(15-22(21)45-28(38)44)39-27(43)36-26(42)29(39)9-12-37(13-10-29)25(41)23(16(2)3)35-24(40)19-14-17(30(32,33)34)5-7-20(19)31/h4-8,14-16,23H,1,9-13H2,2-3H3,(H,35,40)(H,36,42,43)/t23-/m1/s1. The fourth-order valence-corrected chi connectivity index (χ4v) is 5.78. The summed E-state index contributed by atoms with van der Waals surface area (Å²) in [6.07, 6.45) is -3.26. The molecule has 0 radical (unpaired) electrons. The minimum atomic E-state index is -4.81. The van der Waals surface area contributed by atoms with Gasteiger partial charge in [0.1, 0.15) is 17.4 Å². The summed E-state index contributed by atoms with van der Waals surface area (Å²) < 4.78 is 60.5. The van der Waals surface area contributed by atoms with Crippen molar-refractivity contribution in [3.05, 3.63) is 76.5 Å². The van der Waals surface area contributed by atoms with E-state index >= 15 is 0 Å². The SMILES string of the molecule is C=CCn1c(=O)oc2cc(N3C(=O)NC(=O)C34CCN(C(=O)[C@H](NC(=O)c3cc(C(F)(F)F)ccc3F)C(C)C)CC4)ccc21. The van der Waals surface area contributed by atoms with Crippen LogP contribution in [-0.4, -0.2) is 57.9 Å². The zero-order valence-corrected chi connectivity index (χ0v) is 24.2. The molecule has 2 saturated heterocycles. The van der Waals surface area contributed by atoms with E-state index in [0.717, 1.165) is 0 Å². The number of halogens is 4. The number of allylic oxidation sites excluding steroid dienone is 1. The second kappa shape index (κ2) is 11.5. The van der Waals surface area contributed by atoms with Gasteiger partial charge in [-0.05, 0) is 49.1 Å². The smallest absolute Gasteiger partial charge is 0.408 e. The molecule has 3 heterocycles. The van der Waals surface area contributed by atoms with E-state index in [1.807, 2.05) is 0 Å². The lowest BCUT2D eigenvalue weighted by molar-refractivity contribution is -0.138. The number of rotatable bonds is 7. The summed E-state index contributed by atoms with van der Waals surface area (Å²) in [4.78, 5) is 67.5. The van der Waals surface area contributed by atoms with Crippen molar-refractivity contribution < 1.29 is 41.2 Å². The average molecular weight is 632 g/mol. The molecule has 45 heavy (non-hydrogen) atoms. The number of carbonyl (C=O) groups is 4. The molecule has 15 heteroatoms. The Morgan fingerprint density at radius 1 is 1.11 bits per heavy atom. The number of amides is 5. The van der Waals surface area contributed by atoms with Gasteiger partial charge in [0.15, 0.2) is 5.58 Å². The number of nitrogens with one attached hydrogen (secondary N) is 2. The number of likely N-dealkylation sites (tertiary alicyclic amines) is 1. The van der Waals surface area contributed by atoms with Crippen LogP contribution in [0.5, 0.6) is 0 Å². The molecule has 2 aliphatic rings. The number of urea groups is 1. The second-order valence-electron chi connectivity index (χ2n) is 11.3. The van der Waals surface area contributed by atoms with Crippen molar-refractivity contribution >= 4 is 40.5 Å². The molecule has 238 valence electrons. The maximum Gasteiger partial charge on any atom is 0.420 e. The average Bonchev–Trinajstić information content (AvgIpc) is 3.41. The predicted molar refractivity (Wildman–Crippen MR) is 153 cm³/mol. The normalized spacial score (nSPS) is 17.2. The van der Waals surface area contributed by atoms with Crippen LogP contribution < -0.4 is 21.3 Å². The highest BCUT2D eigenvalue weighted by molar-refractivity contribution is 6.17. The highest BCUT2D eigenvalue weighted by Gasteiger charge is 2.55. The summed E-state index contributed by atoms with van der Waals surface area (Å²) in [6, 6.07) is 4.17. The first-order valence-electron chi connectivity index (χ1n) is 14.0. The molecule has 11 nitrogen and oxygen atoms in total. The number of imide groups is 1. The third-order valence-corrected chi connectivity index (χ3v) is 8.16. The molecular weight excluding hydrogens is 602 g/mol. The van der Waals surface area contributed by atoms with Gasteiger partial charge in [-0.1, -0.05) is 19.9 Å². The van der Waals surface area contributed by atoms with Crippen molar-refractivity contribution in [1.82, 2.24) is 20.1 Å². The van der Waals surface area contributed by atoms with Gasteiger partial charge in [-0.15, -0.1) is 6.58 Å². The molecule has 0 saturated carbocycles. The molecule has 0 unspecified atom stereocenters. The predicted octanol–water partition coefficient (Wildman–Crippen LogP) is 3.81. The minimum Gasteiger partial charge on any atom is -0.408 e. The van der Waals surface area contributed by atoms with Crippen molar-refractivity contribution in [2.45, 2.75) is 51.0 Å². The number of anilines is 1. The van der Waals surface area contributed by atoms with Gasteiger partial charge in [0, 0.05) is 25.7 Å². The fourth-order valence-electron chi connectivity index (χ4n) is 5.78. The number of nitrogens with zero attached hydrogens (tertiary/aromatic N) is 3. The van der Waals surface area contributed by atoms with Crippen LogP contribution in [-0.2, 0) is 22.3 Å². The molecule has 2 N–H and O–H groups in total. The van der Waals surface area contributed by atoms with Crippen LogP contribution in [0.4, 0.5) is 28.0 Å². The number of carbonyl (C=O) groups excluding carboxylic acids is 4. The largest absolute Gasteiger partial charge is 0.420 e. The van der Waals surface area contributed by atoms with Gasteiger partial charge in [0.2, 0.25) is 5.91 Å². The summed E-state index contributed by atoms with van der Waals surface area (Å²) in [7, 11) is 0. The molecule has 2 aliphatic heterocycles. The number of benzene rings is 2. The summed E-state index contributed by atoms with van der Waals surface area (Å²) in [6.45, 7) is 7.01. The van der Waals surface area contributed by atoms with Crippen molar-refractivity contribution in [3.63, 3.8) is 0 Å². The number of hydrogen-bond acceptors (Lipinski definition) is 6. The van der Waals surface area contributed by atoms with Crippen LogP contribution in [0.25, 0.3) is 11.1 Å². The van der Waals surface area contributed by atoms with Crippen molar-refractivity contribution in [1.29, 1.82) is 0 Å². The third-order valence-electron chi connectivity index (χ3n) is 8.16. The monoisotopic (exact) mass is 631 g/mol. The van der Waals surface area contributed by atoms with Crippen LogP contribution in [0.2, 0.25) is 0 Å². The first-order chi connectivity index (χ1) is 21.2. The summed E-state index contributed by atoms with van der Waals surface area (Å²) in [5, 5.41) is 4.69. The lowest BCUT2D eigenvalue weighted by atomic mass is 9.85. The number of aromatic nitrogens is 1. The molecule has 1 atom stereocenters. The highest BCUT2D eigenvalue weighted by atomic mass is 19.4. The summed E-state index contributed by atoms with van der Waals surface area (Å²) in [5.41, 5.74) is -2.49. The maximum atomic E-state index is 14.4. The van der Waals surface area contributed by atoms with Gasteiger partial charge in [0.05, 0.1) is 22.3 Å². The molecule has 1 spiro atoms. The molecule has 0 bridgehead atoms. The van der Waals surface area contributed by atoms with Crippen LogP contribution in [0, 0.1) is 11.7 Å². The van der Waals surface area contributed by atoms with Gasteiger partial charge >= 0.3 is 18.0 Å². The molecule has 1 aromatic heterocycles. The Morgan fingerprint density at radius 3 is 2.42 bits per heavy atom. The van der Waals surface area contributed by atoms with Gasteiger partial charge in [-0.25, -0.2) is 14.0 Å².